The third-order valence-corrected chi connectivity index (χ3v) is 8.72. The lowest BCUT2D eigenvalue weighted by atomic mass is 9.95. The molecule has 5 rings (SSSR count). The van der Waals surface area contributed by atoms with Gasteiger partial charge in [0.25, 0.3) is 5.56 Å². The van der Waals surface area contributed by atoms with E-state index in [0.29, 0.717) is 50.9 Å². The molecule has 48 heavy (non-hydrogen) atoms. The third-order valence-electron chi connectivity index (χ3n) is 7.42. The lowest BCUT2D eigenvalue weighted by molar-refractivity contribution is -0.108. The number of hydrogen-bond acceptors (Lipinski definition) is 9. The van der Waals surface area contributed by atoms with Crippen LogP contribution in [0.25, 0.3) is 15.2 Å². The normalized spacial score (nSPS) is 15.0. The van der Waals surface area contributed by atoms with Gasteiger partial charge in [-0.15, -0.1) is 0 Å². The number of aldehydes is 1. The first kappa shape index (κ1) is 42.4. The maximum absolute atomic E-state index is 13.8. The van der Waals surface area contributed by atoms with Gasteiger partial charge < -0.3 is 24.7 Å². The standard InChI is InChI=1S/C21H19FN4O4S.C7H14O2.C3H9N.2C2H6/c1-13-17-18(28)24(10-11-27)21(29)25(20(17)31-19(13)26-8-3-7-23-26)9-6-14-12-15(22)4-5-16(14)30-2;1-9-7-4-2-6(8)3-5-7;1-3-4-2;2*1-2/h3-5,7-8,11-12H,6,9-10H2,1-2H3;6-8H,2-5H2,1H3;4H,3H2,1-2H3;2*1-2H3. The average molecular weight is 692 g/mol. The number of benzene rings is 1. The van der Waals surface area contributed by atoms with Crippen LogP contribution >= 0.6 is 11.3 Å². The summed E-state index contributed by atoms with van der Waals surface area (Å²) in [5, 5.41) is 17.3. The van der Waals surface area contributed by atoms with Gasteiger partial charge in [0.05, 0.1) is 31.2 Å². The minimum atomic E-state index is -0.590. The van der Waals surface area contributed by atoms with E-state index in [1.165, 1.54) is 41.2 Å². The monoisotopic (exact) mass is 691 g/mol. The Bertz CT molecular complexity index is 1610. The molecule has 1 fully saturated rings. The van der Waals surface area contributed by atoms with Gasteiger partial charge in [0.15, 0.2) is 0 Å². The number of nitrogens with zero attached hydrogens (tertiary/aromatic N) is 4. The highest BCUT2D eigenvalue weighted by atomic mass is 32.1. The van der Waals surface area contributed by atoms with Gasteiger partial charge in [-0.3, -0.25) is 13.9 Å². The molecule has 13 heteroatoms. The Hall–Kier alpha value is -3.65. The van der Waals surface area contributed by atoms with E-state index in [-0.39, 0.29) is 19.2 Å². The first-order valence-corrected chi connectivity index (χ1v) is 17.4. The molecule has 0 aliphatic heterocycles. The zero-order valence-electron chi connectivity index (χ0n) is 29.9. The van der Waals surface area contributed by atoms with Crippen molar-refractivity contribution in [2.75, 3.05) is 27.8 Å². The Kier molecular flexibility index (Phi) is 20.2. The number of aliphatic hydroxyl groups is 1. The Balaban J connectivity index is 0.000000562. The number of hydrogen-bond donors (Lipinski definition) is 2. The molecule has 1 saturated carbocycles. The molecule has 268 valence electrons. The predicted molar refractivity (Wildman–Crippen MR) is 192 cm³/mol. The van der Waals surface area contributed by atoms with Crippen molar-refractivity contribution in [3.05, 3.63) is 74.4 Å². The van der Waals surface area contributed by atoms with Gasteiger partial charge in [-0.25, -0.2) is 13.9 Å². The Morgan fingerprint density at radius 2 is 1.75 bits per heavy atom. The summed E-state index contributed by atoms with van der Waals surface area (Å²) in [5.41, 5.74) is 0.161. The molecule has 11 nitrogen and oxygen atoms in total. The highest BCUT2D eigenvalue weighted by Crippen LogP contribution is 2.31. The number of ether oxygens (including phenoxy) is 2. The summed E-state index contributed by atoms with van der Waals surface area (Å²) >= 11 is 1.27. The van der Waals surface area contributed by atoms with Crippen LogP contribution in [0.1, 0.15) is 71.4 Å². The predicted octanol–water partition coefficient (Wildman–Crippen LogP) is 5.52. The number of rotatable bonds is 9. The fraction of sp³-hybridized carbons (Fsp3) is 0.543. The zero-order chi connectivity index (χ0) is 36.2. The fourth-order valence-corrected chi connectivity index (χ4v) is 6.14. The lowest BCUT2D eigenvalue weighted by Crippen LogP contribution is -2.40. The largest absolute Gasteiger partial charge is 0.496 e. The molecule has 0 saturated heterocycles. The van der Waals surface area contributed by atoms with Crippen LogP contribution in [-0.2, 0) is 29.0 Å². The molecule has 0 spiro atoms. The first-order chi connectivity index (χ1) is 23.2. The van der Waals surface area contributed by atoms with Crippen LogP contribution in [0, 0.1) is 12.7 Å². The number of aromatic nitrogens is 4. The number of fused-ring (bicyclic) bond motifs is 1. The number of carbonyl (C=O) groups is 1. The van der Waals surface area contributed by atoms with E-state index in [4.69, 9.17) is 14.6 Å². The van der Waals surface area contributed by atoms with Crippen molar-refractivity contribution in [3.8, 4) is 10.8 Å². The minimum Gasteiger partial charge on any atom is -0.496 e. The fourth-order valence-electron chi connectivity index (χ4n) is 4.88. The average Bonchev–Trinajstić information content (AvgIpc) is 3.77. The molecule has 1 aliphatic rings. The van der Waals surface area contributed by atoms with Crippen molar-refractivity contribution in [2.24, 2.45) is 0 Å². The third kappa shape index (κ3) is 11.5. The Morgan fingerprint density at radius 1 is 1.10 bits per heavy atom. The number of nitrogens with one attached hydrogen (secondary N) is 1. The molecule has 0 unspecified atom stereocenters. The van der Waals surface area contributed by atoms with Gasteiger partial charge in [-0.1, -0.05) is 46.0 Å². The van der Waals surface area contributed by atoms with Crippen LogP contribution in [-0.4, -0.2) is 70.3 Å². The van der Waals surface area contributed by atoms with E-state index in [9.17, 15) is 18.8 Å². The zero-order valence-corrected chi connectivity index (χ0v) is 30.7. The van der Waals surface area contributed by atoms with E-state index in [1.54, 1.807) is 37.2 Å². The summed E-state index contributed by atoms with van der Waals surface area (Å²) in [7, 11) is 5.16. The molecule has 3 heterocycles. The summed E-state index contributed by atoms with van der Waals surface area (Å²) < 4.78 is 28.2. The Morgan fingerprint density at radius 3 is 2.27 bits per heavy atom. The minimum absolute atomic E-state index is 0.0589. The summed E-state index contributed by atoms with van der Waals surface area (Å²) in [6.45, 7) is 12.8. The van der Waals surface area contributed by atoms with Crippen molar-refractivity contribution >= 4 is 27.8 Å². The van der Waals surface area contributed by atoms with E-state index in [0.717, 1.165) is 36.8 Å². The number of aryl methyl sites for hydroxylation is 3. The molecule has 1 aromatic carbocycles. The second-order valence-corrected chi connectivity index (χ2v) is 11.2. The maximum atomic E-state index is 13.8. The van der Waals surface area contributed by atoms with Crippen LogP contribution in [0.3, 0.4) is 0 Å². The first-order valence-electron chi connectivity index (χ1n) is 16.6. The Labute approximate surface area is 287 Å². The quantitative estimate of drug-likeness (QED) is 0.220. The van der Waals surface area contributed by atoms with Crippen LogP contribution in [0.5, 0.6) is 5.75 Å². The van der Waals surface area contributed by atoms with E-state index in [1.807, 2.05) is 34.7 Å². The van der Waals surface area contributed by atoms with Crippen molar-refractivity contribution in [1.82, 2.24) is 24.2 Å². The van der Waals surface area contributed by atoms with E-state index >= 15 is 0 Å². The second kappa shape index (κ2) is 22.8. The van der Waals surface area contributed by atoms with Crippen molar-refractivity contribution < 1.29 is 23.8 Å². The van der Waals surface area contributed by atoms with E-state index in [2.05, 4.69) is 17.3 Å². The summed E-state index contributed by atoms with van der Waals surface area (Å²) in [6.07, 6.45) is 8.42. The summed E-state index contributed by atoms with van der Waals surface area (Å²) in [6, 6.07) is 5.95. The number of carbonyl (C=O) groups excluding carboxylic acids is 1. The topological polar surface area (TPSA) is 130 Å². The number of thiophene rings is 1. The summed E-state index contributed by atoms with van der Waals surface area (Å²) in [5.74, 6) is 0.0960. The van der Waals surface area contributed by atoms with E-state index < -0.39 is 17.1 Å². The maximum Gasteiger partial charge on any atom is 0.332 e. The molecular weight excluding hydrogens is 637 g/mol. The number of methoxy groups -OCH3 is 2. The van der Waals surface area contributed by atoms with Crippen molar-refractivity contribution in [2.45, 2.75) is 98.9 Å². The smallest absolute Gasteiger partial charge is 0.332 e. The molecule has 1 aliphatic carbocycles. The van der Waals surface area contributed by atoms with Crippen LogP contribution < -0.4 is 21.3 Å². The van der Waals surface area contributed by atoms with Gasteiger partial charge in [0, 0.05) is 31.6 Å². The van der Waals surface area contributed by atoms with Gasteiger partial charge >= 0.3 is 5.69 Å². The lowest BCUT2D eigenvalue weighted by Gasteiger charge is -2.23. The van der Waals surface area contributed by atoms with Gasteiger partial charge in [0.1, 0.15) is 27.7 Å². The SMILES string of the molecule is CC.CC.CCNC.COC1CCC(O)CC1.COc1ccc(F)cc1CCn1c(=O)n(CC=O)c(=O)c2c(C)c(-n3cccn3)sc21. The van der Waals surface area contributed by atoms with Crippen LogP contribution in [0.15, 0.2) is 46.2 Å². The summed E-state index contributed by atoms with van der Waals surface area (Å²) in [4.78, 5) is 37.7. The number of halogens is 1. The van der Waals surface area contributed by atoms with Crippen LogP contribution in [0.2, 0.25) is 0 Å². The molecule has 3 aromatic heterocycles. The highest BCUT2D eigenvalue weighted by molar-refractivity contribution is 7.21. The number of aliphatic hydroxyl groups excluding tert-OH is 1. The van der Waals surface area contributed by atoms with Gasteiger partial charge in [-0.05, 0) is 82.4 Å². The van der Waals surface area contributed by atoms with Crippen molar-refractivity contribution in [1.29, 1.82) is 0 Å². The van der Waals surface area contributed by atoms with Gasteiger partial charge in [0.2, 0.25) is 0 Å². The molecule has 0 radical (unpaired) electrons. The van der Waals surface area contributed by atoms with Crippen molar-refractivity contribution in [3.63, 3.8) is 0 Å². The molecule has 4 aromatic rings. The molecule has 2 N–H and O–H groups in total. The van der Waals surface area contributed by atoms with Gasteiger partial charge in [-0.2, -0.15) is 5.10 Å². The molecule has 0 amide bonds. The molecule has 0 atom stereocenters. The molecular formula is C35H54FN5O6S. The van der Waals surface area contributed by atoms with Crippen LogP contribution in [0.4, 0.5) is 4.39 Å². The molecule has 0 bridgehead atoms. The second-order valence-electron chi connectivity index (χ2n) is 10.3. The highest BCUT2D eigenvalue weighted by Gasteiger charge is 2.21.